The Balaban J connectivity index is 1.11. The number of unbranched alkanes of at least 4 members (excludes halogenated alkanes) is 2. The van der Waals surface area contributed by atoms with Gasteiger partial charge in [-0.05, 0) is 50.3 Å². The van der Waals surface area contributed by atoms with Crippen LogP contribution in [0.2, 0.25) is 0 Å². The molecule has 2 aliphatic heterocycles. The number of hydrogen-bond acceptors (Lipinski definition) is 10. The van der Waals surface area contributed by atoms with E-state index >= 15 is 0 Å². The number of nitrogen functional groups attached to an aromatic ring is 1. The summed E-state index contributed by atoms with van der Waals surface area (Å²) < 4.78 is 39.8. The summed E-state index contributed by atoms with van der Waals surface area (Å²) >= 11 is 0. The van der Waals surface area contributed by atoms with E-state index in [0.29, 0.717) is 76.1 Å². The van der Waals surface area contributed by atoms with Gasteiger partial charge in [-0.25, -0.2) is 0 Å². The van der Waals surface area contributed by atoms with Crippen molar-refractivity contribution in [2.24, 2.45) is 4.99 Å². The number of amides is 1. The van der Waals surface area contributed by atoms with Crippen LogP contribution in [0.4, 0.5) is 11.4 Å². The molecule has 0 radical (unpaired) electrons. The van der Waals surface area contributed by atoms with Crippen LogP contribution in [0.25, 0.3) is 0 Å². The zero-order valence-corrected chi connectivity index (χ0v) is 25.6. The van der Waals surface area contributed by atoms with Crippen molar-refractivity contribution >= 4 is 23.5 Å². The smallest absolute Gasteiger partial charge is 0.256 e. The molecule has 11 nitrogen and oxygen atoms in total. The number of benzene rings is 3. The van der Waals surface area contributed by atoms with Crippen LogP contribution < -0.4 is 38.9 Å². The quantitative estimate of drug-likeness (QED) is 0.173. The van der Waals surface area contributed by atoms with Gasteiger partial charge < -0.3 is 43.8 Å². The molecule has 0 spiro atoms. The van der Waals surface area contributed by atoms with E-state index in [0.717, 1.165) is 38.6 Å². The number of fused-ring (bicyclic) bond motifs is 2. The van der Waals surface area contributed by atoms with Gasteiger partial charge in [0.2, 0.25) is 5.75 Å². The topological polar surface area (TPSA) is 123 Å². The molecule has 0 saturated carbocycles. The maximum atomic E-state index is 13.1. The fourth-order valence-corrected chi connectivity index (χ4v) is 5.31. The predicted molar refractivity (Wildman–Crippen MR) is 167 cm³/mol. The summed E-state index contributed by atoms with van der Waals surface area (Å²) in [5, 5.41) is 0. The molecule has 11 heteroatoms. The van der Waals surface area contributed by atoms with Gasteiger partial charge >= 0.3 is 0 Å². The highest BCUT2D eigenvalue weighted by molar-refractivity contribution is 6.03. The third-order valence-corrected chi connectivity index (χ3v) is 7.62. The molecular formula is C33H39N3O8. The van der Waals surface area contributed by atoms with Crippen LogP contribution in [0.1, 0.15) is 42.5 Å². The highest BCUT2D eigenvalue weighted by Gasteiger charge is 2.32. The van der Waals surface area contributed by atoms with Gasteiger partial charge in [-0.1, -0.05) is 0 Å². The van der Waals surface area contributed by atoms with Gasteiger partial charge in [0, 0.05) is 37.0 Å². The van der Waals surface area contributed by atoms with Crippen molar-refractivity contribution in [3.63, 3.8) is 0 Å². The third-order valence-electron chi connectivity index (χ3n) is 7.62. The summed E-state index contributed by atoms with van der Waals surface area (Å²) in [6, 6.07) is 12.3. The summed E-state index contributed by atoms with van der Waals surface area (Å²) in [5.74, 6) is 4.09. The molecular weight excluding hydrogens is 566 g/mol. The van der Waals surface area contributed by atoms with Crippen molar-refractivity contribution < 1.29 is 38.0 Å². The second-order valence-corrected chi connectivity index (χ2v) is 10.4. The lowest BCUT2D eigenvalue weighted by Gasteiger charge is -2.20. The molecule has 1 saturated heterocycles. The SMILES string of the molecule is COc1cc2c(cc1OCCCCCOc1ccc(N)c(Oc3cc(OC)c(OC)c(OC)c3)c1)N=C[C@@H]1CCCN1C2=O. The summed E-state index contributed by atoms with van der Waals surface area (Å²) in [6.45, 7) is 1.77. The molecule has 2 N–H and O–H groups in total. The molecule has 234 valence electrons. The van der Waals surface area contributed by atoms with Gasteiger partial charge in [0.25, 0.3) is 5.91 Å². The van der Waals surface area contributed by atoms with Crippen molar-refractivity contribution in [1.82, 2.24) is 4.90 Å². The Labute approximate surface area is 257 Å². The van der Waals surface area contributed by atoms with E-state index < -0.39 is 0 Å². The summed E-state index contributed by atoms with van der Waals surface area (Å²) in [7, 11) is 6.21. The van der Waals surface area contributed by atoms with E-state index in [4.69, 9.17) is 38.9 Å². The maximum absolute atomic E-state index is 13.1. The first-order chi connectivity index (χ1) is 21.4. The van der Waals surface area contributed by atoms with Gasteiger partial charge in [0.15, 0.2) is 28.7 Å². The van der Waals surface area contributed by atoms with Gasteiger partial charge in [0.1, 0.15) is 11.5 Å². The largest absolute Gasteiger partial charge is 0.493 e. The third kappa shape index (κ3) is 6.72. The lowest BCUT2D eigenvalue weighted by molar-refractivity contribution is 0.0774. The average molecular weight is 606 g/mol. The summed E-state index contributed by atoms with van der Waals surface area (Å²) in [5.41, 5.74) is 7.80. The first-order valence-electron chi connectivity index (χ1n) is 14.7. The second kappa shape index (κ2) is 14.1. The van der Waals surface area contributed by atoms with Gasteiger partial charge in [-0.3, -0.25) is 9.79 Å². The predicted octanol–water partition coefficient (Wildman–Crippen LogP) is 6.04. The van der Waals surface area contributed by atoms with Crippen LogP contribution in [-0.2, 0) is 0 Å². The lowest BCUT2D eigenvalue weighted by Crippen LogP contribution is -2.35. The summed E-state index contributed by atoms with van der Waals surface area (Å²) in [4.78, 5) is 19.5. The molecule has 5 rings (SSSR count). The minimum atomic E-state index is -0.00849. The lowest BCUT2D eigenvalue weighted by atomic mass is 10.1. The number of nitrogens with zero attached hydrogens (tertiary/aromatic N) is 2. The molecule has 0 aromatic heterocycles. The van der Waals surface area contributed by atoms with Crippen molar-refractivity contribution in [2.75, 3.05) is 53.9 Å². The minimum Gasteiger partial charge on any atom is -0.493 e. The van der Waals surface area contributed by atoms with Crippen LogP contribution in [0, 0.1) is 0 Å². The number of hydrogen-bond donors (Lipinski definition) is 1. The normalized spacial score (nSPS) is 15.2. The fraction of sp³-hybridized carbons (Fsp3) is 0.394. The Kier molecular flexibility index (Phi) is 9.83. The van der Waals surface area contributed by atoms with Crippen LogP contribution in [0.5, 0.6) is 46.0 Å². The van der Waals surface area contributed by atoms with Crippen molar-refractivity contribution in [3.8, 4) is 46.0 Å². The Hall–Kier alpha value is -4.80. The Morgan fingerprint density at radius 3 is 2.20 bits per heavy atom. The molecule has 1 atom stereocenters. The highest BCUT2D eigenvalue weighted by Crippen LogP contribution is 2.43. The Morgan fingerprint density at radius 2 is 1.50 bits per heavy atom. The van der Waals surface area contributed by atoms with E-state index in [1.807, 2.05) is 17.2 Å². The molecule has 3 aromatic carbocycles. The molecule has 1 fully saturated rings. The van der Waals surface area contributed by atoms with Crippen molar-refractivity contribution in [3.05, 3.63) is 48.0 Å². The van der Waals surface area contributed by atoms with E-state index in [1.54, 1.807) is 64.8 Å². The number of nitrogens with two attached hydrogens (primary N) is 1. The molecule has 2 aliphatic rings. The van der Waals surface area contributed by atoms with Gasteiger partial charge in [-0.2, -0.15) is 0 Å². The molecule has 44 heavy (non-hydrogen) atoms. The molecule has 0 aliphatic carbocycles. The fourth-order valence-electron chi connectivity index (χ4n) is 5.31. The van der Waals surface area contributed by atoms with Gasteiger partial charge in [0.05, 0.1) is 64.6 Å². The van der Waals surface area contributed by atoms with Crippen LogP contribution in [-0.4, -0.2) is 71.3 Å². The monoisotopic (exact) mass is 605 g/mol. The van der Waals surface area contributed by atoms with Crippen LogP contribution in [0.3, 0.4) is 0 Å². The van der Waals surface area contributed by atoms with Gasteiger partial charge in [-0.15, -0.1) is 0 Å². The number of ether oxygens (including phenoxy) is 7. The van der Waals surface area contributed by atoms with Crippen molar-refractivity contribution in [1.29, 1.82) is 0 Å². The molecule has 2 heterocycles. The van der Waals surface area contributed by atoms with Crippen LogP contribution >= 0.6 is 0 Å². The zero-order chi connectivity index (χ0) is 31.1. The van der Waals surface area contributed by atoms with Crippen LogP contribution in [0.15, 0.2) is 47.5 Å². The second-order valence-electron chi connectivity index (χ2n) is 10.4. The number of methoxy groups -OCH3 is 4. The van der Waals surface area contributed by atoms with E-state index in [9.17, 15) is 4.79 Å². The number of carbonyl (C=O) groups is 1. The summed E-state index contributed by atoms with van der Waals surface area (Å²) in [6.07, 6.45) is 6.34. The Bertz CT molecular complexity index is 1480. The molecule has 1 amide bonds. The zero-order valence-electron chi connectivity index (χ0n) is 25.6. The van der Waals surface area contributed by atoms with E-state index in [-0.39, 0.29) is 11.9 Å². The number of anilines is 1. The average Bonchev–Trinajstić information content (AvgIpc) is 3.48. The van der Waals surface area contributed by atoms with E-state index in [2.05, 4.69) is 4.99 Å². The minimum absolute atomic E-state index is 0.00849. The first-order valence-corrected chi connectivity index (χ1v) is 14.7. The highest BCUT2D eigenvalue weighted by atomic mass is 16.5. The Morgan fingerprint density at radius 1 is 0.795 bits per heavy atom. The maximum Gasteiger partial charge on any atom is 0.256 e. The number of rotatable bonds is 14. The first kappa shape index (κ1) is 30.7. The van der Waals surface area contributed by atoms with Crippen molar-refractivity contribution in [2.45, 2.75) is 38.1 Å². The van der Waals surface area contributed by atoms with E-state index in [1.165, 1.54) is 0 Å². The standard InChI is InChI=1S/C33H39N3O8/c1-38-28-18-24-26(35-20-21-9-8-12-36(21)33(24)37)19-29(28)43-14-7-5-6-13-42-22-10-11-25(34)27(15-22)44-23-16-30(39-2)32(41-4)31(17-23)40-3/h10-11,15-21H,5-9,12-14,34H2,1-4H3/t21-/m0/s1. The number of aliphatic imine (C=N–C) groups is 1. The molecule has 3 aromatic rings. The molecule has 0 bridgehead atoms. The number of carbonyl (C=O) groups excluding carboxylic acids is 1. The molecule has 0 unspecified atom stereocenters.